The molecule has 0 aliphatic carbocycles. The maximum absolute atomic E-state index is 10.1. The van der Waals surface area contributed by atoms with Crippen LogP contribution in [-0.2, 0) is 6.54 Å². The summed E-state index contributed by atoms with van der Waals surface area (Å²) in [6, 6.07) is 8.11. The van der Waals surface area contributed by atoms with Gasteiger partial charge in [0, 0.05) is 5.69 Å². The number of ether oxygens (including phenoxy) is 1. The predicted octanol–water partition coefficient (Wildman–Crippen LogP) is 3.37. The first-order chi connectivity index (χ1) is 10.4. The molecule has 1 aromatic carbocycles. The molecule has 0 saturated carbocycles. The third kappa shape index (κ3) is 4.10. The van der Waals surface area contributed by atoms with Gasteiger partial charge in [0.05, 0.1) is 12.2 Å². The van der Waals surface area contributed by atoms with Crippen molar-refractivity contribution in [3.63, 3.8) is 0 Å². The fraction of sp³-hybridized carbons (Fsp3) is 0.500. The van der Waals surface area contributed by atoms with Crippen molar-refractivity contribution in [3.8, 4) is 5.75 Å². The van der Waals surface area contributed by atoms with Gasteiger partial charge in [-0.15, -0.1) is 0 Å². The molecule has 4 heteroatoms. The van der Waals surface area contributed by atoms with E-state index in [-0.39, 0.29) is 6.61 Å². The summed E-state index contributed by atoms with van der Waals surface area (Å²) in [6.07, 6.45) is -0.580. The lowest BCUT2D eigenvalue weighted by Gasteiger charge is -2.15. The third-order valence-electron chi connectivity index (χ3n) is 3.79. The van der Waals surface area contributed by atoms with E-state index in [4.69, 9.17) is 4.74 Å². The molecule has 0 radical (unpaired) electrons. The SMILES string of the molecule is Cc1cc(C)n(CC(O)COc2ccc(C(C)C)c(C)c2)n1. The number of aliphatic hydroxyl groups excluding tert-OH is 1. The summed E-state index contributed by atoms with van der Waals surface area (Å²) in [4.78, 5) is 0. The number of aromatic nitrogens is 2. The molecule has 1 heterocycles. The van der Waals surface area contributed by atoms with Crippen LogP contribution in [-0.4, -0.2) is 27.6 Å². The van der Waals surface area contributed by atoms with Crippen LogP contribution >= 0.6 is 0 Å². The number of aryl methyl sites for hydroxylation is 3. The lowest BCUT2D eigenvalue weighted by molar-refractivity contribution is 0.0886. The first-order valence-corrected chi connectivity index (χ1v) is 7.79. The quantitative estimate of drug-likeness (QED) is 0.890. The molecule has 2 aromatic rings. The number of rotatable bonds is 6. The maximum Gasteiger partial charge on any atom is 0.119 e. The molecule has 22 heavy (non-hydrogen) atoms. The number of hydrogen-bond donors (Lipinski definition) is 1. The minimum atomic E-state index is -0.580. The van der Waals surface area contributed by atoms with Gasteiger partial charge in [-0.25, -0.2) is 0 Å². The molecule has 0 amide bonds. The Bertz CT molecular complexity index is 632. The lowest BCUT2D eigenvalue weighted by Crippen LogP contribution is -2.24. The van der Waals surface area contributed by atoms with Crippen molar-refractivity contribution in [2.24, 2.45) is 0 Å². The molecule has 0 saturated heterocycles. The zero-order valence-electron chi connectivity index (χ0n) is 14.1. The first-order valence-electron chi connectivity index (χ1n) is 7.79. The Morgan fingerprint density at radius 2 is 1.91 bits per heavy atom. The van der Waals surface area contributed by atoms with Gasteiger partial charge in [0.2, 0.25) is 0 Å². The third-order valence-corrected chi connectivity index (χ3v) is 3.79. The molecule has 0 spiro atoms. The standard InChI is InChI=1S/C18H26N2O2/c1-12(2)18-7-6-17(8-13(18)3)22-11-16(21)10-20-15(5)9-14(4)19-20/h6-9,12,16,21H,10-11H2,1-5H3. The molecule has 0 bridgehead atoms. The van der Waals surface area contributed by atoms with E-state index < -0.39 is 6.10 Å². The summed E-state index contributed by atoms with van der Waals surface area (Å²) in [5.74, 6) is 1.31. The van der Waals surface area contributed by atoms with Crippen molar-refractivity contribution in [1.29, 1.82) is 0 Å². The highest BCUT2D eigenvalue weighted by Gasteiger charge is 2.10. The number of hydrogen-bond acceptors (Lipinski definition) is 3. The van der Waals surface area contributed by atoms with Crippen molar-refractivity contribution in [2.75, 3.05) is 6.61 Å². The molecule has 120 valence electrons. The Morgan fingerprint density at radius 1 is 1.18 bits per heavy atom. The van der Waals surface area contributed by atoms with Crippen LogP contribution in [0.2, 0.25) is 0 Å². The zero-order valence-corrected chi connectivity index (χ0v) is 14.1. The van der Waals surface area contributed by atoms with Crippen molar-refractivity contribution in [3.05, 3.63) is 46.8 Å². The van der Waals surface area contributed by atoms with Crippen LogP contribution in [0.1, 0.15) is 42.3 Å². The van der Waals surface area contributed by atoms with Crippen LogP contribution in [0.15, 0.2) is 24.3 Å². The molecule has 4 nitrogen and oxygen atoms in total. The Kier molecular flexibility index (Phi) is 5.24. The number of benzene rings is 1. The van der Waals surface area contributed by atoms with Crippen molar-refractivity contribution < 1.29 is 9.84 Å². The summed E-state index contributed by atoms with van der Waals surface area (Å²) in [5, 5.41) is 14.5. The smallest absolute Gasteiger partial charge is 0.119 e. The first kappa shape index (κ1) is 16.6. The van der Waals surface area contributed by atoms with E-state index in [0.29, 0.717) is 12.5 Å². The van der Waals surface area contributed by atoms with Gasteiger partial charge in [0.15, 0.2) is 0 Å². The highest BCUT2D eigenvalue weighted by atomic mass is 16.5. The molecule has 1 N–H and O–H groups in total. The largest absolute Gasteiger partial charge is 0.491 e. The Balaban J connectivity index is 1.92. The normalized spacial score (nSPS) is 12.7. The van der Waals surface area contributed by atoms with E-state index in [1.54, 1.807) is 0 Å². The van der Waals surface area contributed by atoms with Crippen LogP contribution in [0.3, 0.4) is 0 Å². The Hall–Kier alpha value is -1.81. The second-order valence-electron chi connectivity index (χ2n) is 6.25. The summed E-state index contributed by atoms with van der Waals surface area (Å²) in [6.45, 7) is 11.1. The topological polar surface area (TPSA) is 47.3 Å². The summed E-state index contributed by atoms with van der Waals surface area (Å²) in [5.41, 5.74) is 4.57. The number of aliphatic hydroxyl groups is 1. The molecule has 2 rings (SSSR count). The summed E-state index contributed by atoms with van der Waals surface area (Å²) in [7, 11) is 0. The molecule has 0 fully saturated rings. The fourth-order valence-electron chi connectivity index (χ4n) is 2.69. The highest BCUT2D eigenvalue weighted by Crippen LogP contribution is 2.23. The van der Waals surface area contributed by atoms with Crippen molar-refractivity contribution in [2.45, 2.75) is 53.2 Å². The van der Waals surface area contributed by atoms with Gasteiger partial charge in [-0.05, 0) is 56.0 Å². The Morgan fingerprint density at radius 3 is 2.45 bits per heavy atom. The molecule has 1 unspecified atom stereocenters. The van der Waals surface area contributed by atoms with Crippen LogP contribution < -0.4 is 4.74 Å². The fourth-order valence-corrected chi connectivity index (χ4v) is 2.69. The van der Waals surface area contributed by atoms with Gasteiger partial charge in [0.1, 0.15) is 18.5 Å². The minimum Gasteiger partial charge on any atom is -0.491 e. The molecular weight excluding hydrogens is 276 g/mol. The van der Waals surface area contributed by atoms with Crippen LogP contribution in [0.4, 0.5) is 0 Å². The summed E-state index contributed by atoms with van der Waals surface area (Å²) < 4.78 is 7.53. The maximum atomic E-state index is 10.1. The van der Waals surface area contributed by atoms with Crippen LogP contribution in [0.5, 0.6) is 5.75 Å². The van der Waals surface area contributed by atoms with Gasteiger partial charge in [-0.1, -0.05) is 19.9 Å². The average molecular weight is 302 g/mol. The number of nitrogens with zero attached hydrogens (tertiary/aromatic N) is 2. The monoisotopic (exact) mass is 302 g/mol. The minimum absolute atomic E-state index is 0.263. The Labute approximate surface area is 132 Å². The summed E-state index contributed by atoms with van der Waals surface area (Å²) >= 11 is 0. The molecule has 0 aliphatic rings. The van der Waals surface area contributed by atoms with E-state index >= 15 is 0 Å². The molecule has 1 aromatic heterocycles. The van der Waals surface area contributed by atoms with Gasteiger partial charge in [-0.2, -0.15) is 5.10 Å². The second kappa shape index (κ2) is 6.97. The van der Waals surface area contributed by atoms with Crippen LogP contribution in [0.25, 0.3) is 0 Å². The van der Waals surface area contributed by atoms with Crippen molar-refractivity contribution in [1.82, 2.24) is 9.78 Å². The van der Waals surface area contributed by atoms with E-state index in [1.807, 2.05) is 36.7 Å². The van der Waals surface area contributed by atoms with Gasteiger partial charge in [-0.3, -0.25) is 4.68 Å². The van der Waals surface area contributed by atoms with E-state index in [2.05, 4.69) is 31.9 Å². The van der Waals surface area contributed by atoms with Crippen LogP contribution in [0, 0.1) is 20.8 Å². The van der Waals surface area contributed by atoms with Gasteiger partial charge >= 0.3 is 0 Å². The van der Waals surface area contributed by atoms with E-state index in [1.165, 1.54) is 11.1 Å². The second-order valence-corrected chi connectivity index (χ2v) is 6.25. The lowest BCUT2D eigenvalue weighted by atomic mass is 9.98. The highest BCUT2D eigenvalue weighted by molar-refractivity contribution is 5.36. The molecular formula is C18H26N2O2. The average Bonchev–Trinajstić information content (AvgIpc) is 2.74. The van der Waals surface area contributed by atoms with E-state index in [9.17, 15) is 5.11 Å². The predicted molar refractivity (Wildman–Crippen MR) is 88.5 cm³/mol. The van der Waals surface area contributed by atoms with E-state index in [0.717, 1.165) is 17.1 Å². The van der Waals surface area contributed by atoms with Gasteiger partial charge < -0.3 is 9.84 Å². The zero-order chi connectivity index (χ0) is 16.3. The van der Waals surface area contributed by atoms with Crippen molar-refractivity contribution >= 4 is 0 Å². The van der Waals surface area contributed by atoms with Gasteiger partial charge in [0.25, 0.3) is 0 Å². The molecule has 0 aliphatic heterocycles. The molecule has 1 atom stereocenters.